The van der Waals surface area contributed by atoms with E-state index in [1.54, 1.807) is 6.92 Å². The van der Waals surface area contributed by atoms with E-state index in [9.17, 15) is 47.8 Å². The Kier molecular flexibility index (Phi) is 14.3. The summed E-state index contributed by atoms with van der Waals surface area (Å²) in [6.45, 7) is 2.37. The molecule has 0 spiro atoms. The van der Waals surface area contributed by atoms with Crippen LogP contribution in [-0.4, -0.2) is 78.2 Å². The summed E-state index contributed by atoms with van der Waals surface area (Å²) < 4.78 is 32.0. The third kappa shape index (κ3) is 9.89. The molecule has 20 heteroatoms. The first-order valence-electron chi connectivity index (χ1n) is 17.7. The number of halogens is 6. The van der Waals surface area contributed by atoms with Gasteiger partial charge in [0.2, 0.25) is 11.8 Å². The lowest BCUT2D eigenvalue weighted by molar-refractivity contribution is -0.138. The van der Waals surface area contributed by atoms with Crippen LogP contribution in [-0.2, 0) is 32.0 Å². The molecule has 2 amide bonds. The van der Waals surface area contributed by atoms with Gasteiger partial charge in [0.1, 0.15) is 6.54 Å². The van der Waals surface area contributed by atoms with E-state index in [1.807, 2.05) is 0 Å². The molecule has 318 valence electrons. The number of nitrogens with one attached hydrogen (secondary N) is 2. The Bertz CT molecular complexity index is 2810. The van der Waals surface area contributed by atoms with Crippen LogP contribution in [0.1, 0.15) is 49.7 Å². The van der Waals surface area contributed by atoms with Crippen molar-refractivity contribution in [3.63, 3.8) is 0 Å². The van der Waals surface area contributed by atoms with E-state index in [-0.39, 0.29) is 89.2 Å². The number of aliphatic carboxylic acids is 2. The number of aromatic nitrogens is 2. The normalized spacial score (nSPS) is 11.0. The summed E-state index contributed by atoms with van der Waals surface area (Å²) in [6.07, 6.45) is -0.973. The number of aromatic hydroxyl groups is 2. The third-order valence-corrected chi connectivity index (χ3v) is 10.8. The van der Waals surface area contributed by atoms with Gasteiger partial charge in [0.25, 0.3) is 11.8 Å². The van der Waals surface area contributed by atoms with Gasteiger partial charge in [0.05, 0.1) is 50.4 Å². The number of carboxylic acid groups (broad SMARTS) is 2. The molecular weight excluding hydrogens is 888 g/mol. The number of hydrogen-bond acceptors (Lipinski definition) is 8. The van der Waals surface area contributed by atoms with Gasteiger partial charge in [-0.25, -0.2) is 8.78 Å². The number of phenols is 2. The number of benzene rings is 4. The topological polar surface area (TPSA) is 217 Å². The minimum atomic E-state index is -1.24. The van der Waals surface area contributed by atoms with Crippen molar-refractivity contribution in [2.45, 2.75) is 33.1 Å². The Morgan fingerprint density at radius 3 is 1.38 bits per heavy atom. The number of carboxylic acids is 2. The average Bonchev–Trinajstić information content (AvgIpc) is 3.64. The van der Waals surface area contributed by atoms with E-state index in [0.29, 0.717) is 5.69 Å². The minimum absolute atomic E-state index is 0.0701. The molecule has 0 aliphatic rings. The fourth-order valence-electron chi connectivity index (χ4n) is 6.45. The van der Waals surface area contributed by atoms with Crippen molar-refractivity contribution in [2.24, 2.45) is 0 Å². The molecule has 6 rings (SSSR count). The highest BCUT2D eigenvalue weighted by molar-refractivity contribution is 6.42. The molecule has 6 N–H and O–H groups in total. The smallest absolute Gasteiger partial charge is 0.322 e. The zero-order chi connectivity index (χ0) is 45.0. The molecule has 0 saturated heterocycles. The first-order valence-corrected chi connectivity index (χ1v) is 19.2. The van der Waals surface area contributed by atoms with Gasteiger partial charge in [-0.3, -0.25) is 37.9 Å². The van der Waals surface area contributed by atoms with Gasteiger partial charge in [0, 0.05) is 39.8 Å². The monoisotopic (exact) mass is 918 g/mol. The van der Waals surface area contributed by atoms with Crippen LogP contribution < -0.4 is 10.6 Å². The van der Waals surface area contributed by atoms with Crippen molar-refractivity contribution in [1.82, 2.24) is 19.8 Å². The van der Waals surface area contributed by atoms with E-state index < -0.39 is 71.7 Å². The lowest BCUT2D eigenvalue weighted by Gasteiger charge is -2.09. The number of amides is 2. The van der Waals surface area contributed by atoms with Crippen molar-refractivity contribution < 1.29 is 58.0 Å². The maximum Gasteiger partial charge on any atom is 0.322 e. The fraction of sp³-hybridized carbons (Fsp3) is 0.171. The molecular formula is C41H32Cl4F2N4O10. The Labute approximate surface area is 363 Å². The first-order chi connectivity index (χ1) is 28.7. The summed E-state index contributed by atoms with van der Waals surface area (Å²) in [5.41, 5.74) is 1.58. The van der Waals surface area contributed by atoms with Crippen LogP contribution in [0.25, 0.3) is 21.8 Å². The number of phenolic OH excluding ortho intramolecular Hbond substituents is 2. The highest BCUT2D eigenvalue weighted by atomic mass is 35.5. The second kappa shape index (κ2) is 19.0. The van der Waals surface area contributed by atoms with E-state index in [2.05, 4.69) is 10.6 Å². The minimum Gasteiger partial charge on any atom is -0.505 e. The lowest BCUT2D eigenvalue weighted by Crippen LogP contribution is -2.30. The molecule has 4 aromatic carbocycles. The predicted octanol–water partition coefficient (Wildman–Crippen LogP) is 7.46. The number of rotatable bonds is 11. The second-order valence-corrected chi connectivity index (χ2v) is 14.9. The van der Waals surface area contributed by atoms with Crippen LogP contribution >= 0.6 is 46.4 Å². The zero-order valence-electron chi connectivity index (χ0n) is 31.7. The molecule has 0 saturated carbocycles. The van der Waals surface area contributed by atoms with E-state index in [4.69, 9.17) is 56.6 Å². The number of carbonyl (C=O) groups is 6. The SMILES string of the molecule is Cc1c(CC(=O)NCC(=O)O)c2c(F)c(O)ccc2n1C(=O)c1ccc(Cl)c(Cl)c1.Cc1c(CC(=O)NCCC(=O)O)c2c(F)c(O)ccc2n1C(=O)c1ccc(Cl)c(Cl)c1. The number of fused-ring (bicyclic) bond motifs is 2. The van der Waals surface area contributed by atoms with Crippen LogP contribution in [0.3, 0.4) is 0 Å². The van der Waals surface area contributed by atoms with Gasteiger partial charge in [-0.2, -0.15) is 0 Å². The van der Waals surface area contributed by atoms with Gasteiger partial charge in [0.15, 0.2) is 23.1 Å². The third-order valence-electron chi connectivity index (χ3n) is 9.34. The molecule has 0 atom stereocenters. The summed E-state index contributed by atoms with van der Waals surface area (Å²) in [6, 6.07) is 13.5. The number of hydrogen-bond donors (Lipinski definition) is 6. The molecule has 0 aliphatic carbocycles. The van der Waals surface area contributed by atoms with Crippen LogP contribution in [0, 0.1) is 25.5 Å². The number of nitrogens with zero attached hydrogens (tertiary/aromatic N) is 2. The first kappa shape index (κ1) is 45.9. The molecule has 2 heterocycles. The fourth-order valence-corrected chi connectivity index (χ4v) is 7.05. The van der Waals surface area contributed by atoms with Crippen molar-refractivity contribution in [3.8, 4) is 11.5 Å². The highest BCUT2D eigenvalue weighted by Crippen LogP contribution is 2.36. The van der Waals surface area contributed by atoms with Crippen molar-refractivity contribution in [3.05, 3.63) is 126 Å². The predicted molar refractivity (Wildman–Crippen MR) is 222 cm³/mol. The van der Waals surface area contributed by atoms with Gasteiger partial charge in [-0.15, -0.1) is 0 Å². The quantitative estimate of drug-likeness (QED) is 0.0754. The van der Waals surface area contributed by atoms with Crippen molar-refractivity contribution in [2.75, 3.05) is 13.1 Å². The zero-order valence-corrected chi connectivity index (χ0v) is 34.7. The van der Waals surface area contributed by atoms with E-state index in [0.717, 1.165) is 12.1 Å². The van der Waals surface area contributed by atoms with E-state index in [1.165, 1.54) is 64.6 Å². The van der Waals surface area contributed by atoms with Crippen molar-refractivity contribution >= 4 is 104 Å². The van der Waals surface area contributed by atoms with Crippen LogP contribution in [0.5, 0.6) is 11.5 Å². The van der Waals surface area contributed by atoms with Crippen LogP contribution in [0.15, 0.2) is 60.7 Å². The van der Waals surface area contributed by atoms with E-state index >= 15 is 0 Å². The van der Waals surface area contributed by atoms with Gasteiger partial charge < -0.3 is 31.1 Å². The summed E-state index contributed by atoms with van der Waals surface area (Å²) in [7, 11) is 0. The average molecular weight is 921 g/mol. The lowest BCUT2D eigenvalue weighted by atomic mass is 10.1. The Morgan fingerprint density at radius 2 is 1.00 bits per heavy atom. The van der Waals surface area contributed by atoms with Gasteiger partial charge in [-0.1, -0.05) is 46.4 Å². The molecule has 14 nitrogen and oxygen atoms in total. The summed E-state index contributed by atoms with van der Waals surface area (Å²) in [4.78, 5) is 72.1. The van der Waals surface area contributed by atoms with Gasteiger partial charge >= 0.3 is 11.9 Å². The largest absolute Gasteiger partial charge is 0.505 e. The van der Waals surface area contributed by atoms with Gasteiger partial charge in [-0.05, 0) is 85.6 Å². The van der Waals surface area contributed by atoms with Crippen LogP contribution in [0.4, 0.5) is 8.78 Å². The molecule has 2 aromatic heterocycles. The Hall–Kier alpha value is -6.20. The molecule has 0 unspecified atom stereocenters. The molecule has 0 fully saturated rings. The highest BCUT2D eigenvalue weighted by Gasteiger charge is 2.27. The molecule has 0 radical (unpaired) electrons. The Morgan fingerprint density at radius 1 is 0.590 bits per heavy atom. The van der Waals surface area contributed by atoms with Crippen LogP contribution in [0.2, 0.25) is 20.1 Å². The molecule has 0 aliphatic heterocycles. The van der Waals surface area contributed by atoms with Crippen molar-refractivity contribution in [1.29, 1.82) is 0 Å². The Balaban J connectivity index is 0.000000231. The standard InChI is InChI=1S/C21H17Cl2FN2O5.C20H15Cl2FN2O5/c1-10-12(9-17(28)25-7-6-18(29)30)19-15(4-5-16(27)20(19)24)26(10)21(31)11-2-3-13(22)14(23)8-11;1-9-11(7-16(27)24-8-17(28)29)18-14(4-5-15(26)19(18)23)25(9)20(30)10-2-3-12(21)13(22)6-10/h2-5,8,27H,6-7,9H2,1H3,(H,25,28)(H,29,30);2-6,26H,7-8H2,1H3,(H,24,27)(H,28,29). The number of carbonyl (C=O) groups excluding carboxylic acids is 4. The maximum atomic E-state index is 14.8. The maximum absolute atomic E-state index is 14.8. The molecule has 0 bridgehead atoms. The summed E-state index contributed by atoms with van der Waals surface area (Å²) in [5, 5.41) is 42.3. The second-order valence-electron chi connectivity index (χ2n) is 13.3. The molecule has 61 heavy (non-hydrogen) atoms. The molecule has 6 aromatic rings. The summed E-state index contributed by atoms with van der Waals surface area (Å²) in [5.74, 6) is -7.82. The summed E-state index contributed by atoms with van der Waals surface area (Å²) >= 11 is 23.8.